The quantitative estimate of drug-likeness (QED) is 0.524. The standard InChI is InChI=1S/C13H24/c1-9(2)12-11(4)10(3)7-8-13(12,5)6/h9-10H,7-8H2,1-6H3. The van der Waals surface area contributed by atoms with Gasteiger partial charge in [-0.25, -0.2) is 0 Å². The first kappa shape index (κ1) is 10.8. The fraction of sp³-hybridized carbons (Fsp3) is 0.846. The minimum Gasteiger partial charge on any atom is -0.0705 e. The van der Waals surface area contributed by atoms with E-state index < -0.39 is 0 Å². The van der Waals surface area contributed by atoms with Crippen molar-refractivity contribution in [1.29, 1.82) is 0 Å². The largest absolute Gasteiger partial charge is 0.0705 e. The summed E-state index contributed by atoms with van der Waals surface area (Å²) in [7, 11) is 0. The molecule has 1 aliphatic rings. The number of hydrogen-bond acceptors (Lipinski definition) is 0. The van der Waals surface area contributed by atoms with Gasteiger partial charge in [0.05, 0.1) is 0 Å². The molecular formula is C13H24. The van der Waals surface area contributed by atoms with Gasteiger partial charge >= 0.3 is 0 Å². The third-order valence-electron chi connectivity index (χ3n) is 3.67. The van der Waals surface area contributed by atoms with Crippen molar-refractivity contribution in [3.8, 4) is 0 Å². The molecule has 1 unspecified atom stereocenters. The lowest BCUT2D eigenvalue weighted by molar-refractivity contribution is 0.303. The van der Waals surface area contributed by atoms with Crippen LogP contribution in [0.4, 0.5) is 0 Å². The Morgan fingerprint density at radius 1 is 1.31 bits per heavy atom. The lowest BCUT2D eigenvalue weighted by Gasteiger charge is -2.39. The minimum atomic E-state index is 0.449. The SMILES string of the molecule is CC1=C(C(C)C)C(C)(C)CCC1C. The van der Waals surface area contributed by atoms with Gasteiger partial charge in [0.15, 0.2) is 0 Å². The normalized spacial score (nSPS) is 28.4. The summed E-state index contributed by atoms with van der Waals surface area (Å²) in [5, 5.41) is 0. The summed E-state index contributed by atoms with van der Waals surface area (Å²) in [5.74, 6) is 1.53. The average Bonchev–Trinajstić information content (AvgIpc) is 1.96. The van der Waals surface area contributed by atoms with E-state index >= 15 is 0 Å². The third-order valence-corrected chi connectivity index (χ3v) is 3.67. The van der Waals surface area contributed by atoms with Gasteiger partial charge in [-0.1, -0.05) is 45.8 Å². The Balaban J connectivity index is 3.10. The zero-order valence-corrected chi connectivity index (χ0v) is 10.1. The van der Waals surface area contributed by atoms with E-state index in [2.05, 4.69) is 41.5 Å². The number of hydrogen-bond donors (Lipinski definition) is 0. The molecule has 76 valence electrons. The zero-order valence-electron chi connectivity index (χ0n) is 10.1. The second-order valence-corrected chi connectivity index (χ2v) is 5.57. The van der Waals surface area contributed by atoms with Crippen molar-refractivity contribution in [1.82, 2.24) is 0 Å². The fourth-order valence-corrected chi connectivity index (χ4v) is 2.96. The van der Waals surface area contributed by atoms with Crippen LogP contribution in [-0.2, 0) is 0 Å². The van der Waals surface area contributed by atoms with E-state index in [0.29, 0.717) is 5.41 Å². The molecule has 0 aromatic heterocycles. The van der Waals surface area contributed by atoms with Crippen LogP contribution in [0.1, 0.15) is 54.4 Å². The summed E-state index contributed by atoms with van der Waals surface area (Å²) in [4.78, 5) is 0. The van der Waals surface area contributed by atoms with Gasteiger partial charge in [0, 0.05) is 0 Å². The second-order valence-electron chi connectivity index (χ2n) is 5.57. The van der Waals surface area contributed by atoms with Crippen LogP contribution < -0.4 is 0 Å². The molecule has 0 bridgehead atoms. The molecule has 0 radical (unpaired) electrons. The van der Waals surface area contributed by atoms with Crippen molar-refractivity contribution in [3.63, 3.8) is 0 Å². The van der Waals surface area contributed by atoms with E-state index in [0.717, 1.165) is 11.8 Å². The van der Waals surface area contributed by atoms with Crippen LogP contribution in [-0.4, -0.2) is 0 Å². The molecule has 0 heteroatoms. The van der Waals surface area contributed by atoms with E-state index in [1.54, 1.807) is 11.1 Å². The van der Waals surface area contributed by atoms with E-state index in [9.17, 15) is 0 Å². The van der Waals surface area contributed by atoms with E-state index in [1.165, 1.54) is 12.8 Å². The molecule has 0 aliphatic heterocycles. The topological polar surface area (TPSA) is 0 Å². The summed E-state index contributed by atoms with van der Waals surface area (Å²) < 4.78 is 0. The van der Waals surface area contributed by atoms with Crippen molar-refractivity contribution >= 4 is 0 Å². The molecule has 0 N–H and O–H groups in total. The highest BCUT2D eigenvalue weighted by atomic mass is 14.4. The number of rotatable bonds is 1. The summed E-state index contributed by atoms with van der Waals surface area (Å²) >= 11 is 0. The lowest BCUT2D eigenvalue weighted by Crippen LogP contribution is -2.27. The van der Waals surface area contributed by atoms with Crippen LogP contribution >= 0.6 is 0 Å². The van der Waals surface area contributed by atoms with Gasteiger partial charge in [0.1, 0.15) is 0 Å². The molecule has 13 heavy (non-hydrogen) atoms. The Morgan fingerprint density at radius 3 is 2.23 bits per heavy atom. The van der Waals surface area contributed by atoms with E-state index in [1.807, 2.05) is 0 Å². The Bertz CT molecular complexity index is 218. The maximum absolute atomic E-state index is 2.40. The zero-order chi connectivity index (χ0) is 10.2. The molecule has 0 spiro atoms. The van der Waals surface area contributed by atoms with E-state index in [-0.39, 0.29) is 0 Å². The van der Waals surface area contributed by atoms with Crippen LogP contribution in [0.5, 0.6) is 0 Å². The van der Waals surface area contributed by atoms with Crippen LogP contribution in [0.3, 0.4) is 0 Å². The van der Waals surface area contributed by atoms with Crippen molar-refractivity contribution < 1.29 is 0 Å². The van der Waals surface area contributed by atoms with Gasteiger partial charge in [0.25, 0.3) is 0 Å². The summed E-state index contributed by atoms with van der Waals surface area (Å²) in [6, 6.07) is 0. The highest BCUT2D eigenvalue weighted by Crippen LogP contribution is 2.45. The molecular weight excluding hydrogens is 156 g/mol. The minimum absolute atomic E-state index is 0.449. The molecule has 0 fully saturated rings. The molecule has 0 saturated heterocycles. The summed E-state index contributed by atoms with van der Waals surface area (Å²) in [6.45, 7) is 14.2. The van der Waals surface area contributed by atoms with Crippen LogP contribution in [0.25, 0.3) is 0 Å². The lowest BCUT2D eigenvalue weighted by atomic mass is 9.66. The molecule has 0 saturated carbocycles. The van der Waals surface area contributed by atoms with Gasteiger partial charge in [-0.2, -0.15) is 0 Å². The van der Waals surface area contributed by atoms with Crippen molar-refractivity contribution in [3.05, 3.63) is 11.1 Å². The maximum Gasteiger partial charge on any atom is -0.0139 e. The third kappa shape index (κ3) is 1.98. The Morgan fingerprint density at radius 2 is 1.85 bits per heavy atom. The van der Waals surface area contributed by atoms with Crippen molar-refractivity contribution in [2.45, 2.75) is 54.4 Å². The molecule has 1 atom stereocenters. The summed E-state index contributed by atoms with van der Waals surface area (Å²) in [6.07, 6.45) is 2.73. The van der Waals surface area contributed by atoms with Crippen LogP contribution in [0, 0.1) is 17.3 Å². The molecule has 0 aromatic rings. The molecule has 1 aliphatic carbocycles. The maximum atomic E-state index is 2.40. The highest BCUT2D eigenvalue weighted by Gasteiger charge is 2.32. The predicted molar refractivity (Wildman–Crippen MR) is 59.7 cm³/mol. The molecule has 1 rings (SSSR count). The first-order valence-corrected chi connectivity index (χ1v) is 5.57. The molecule has 0 nitrogen and oxygen atoms in total. The monoisotopic (exact) mass is 180 g/mol. The average molecular weight is 180 g/mol. The Hall–Kier alpha value is -0.260. The molecule has 0 heterocycles. The van der Waals surface area contributed by atoms with Crippen molar-refractivity contribution in [2.75, 3.05) is 0 Å². The molecule has 0 aromatic carbocycles. The smallest absolute Gasteiger partial charge is 0.0139 e. The Labute approximate surface area is 83.4 Å². The van der Waals surface area contributed by atoms with Gasteiger partial charge in [-0.3, -0.25) is 0 Å². The number of allylic oxidation sites excluding steroid dienone is 2. The highest BCUT2D eigenvalue weighted by molar-refractivity contribution is 5.25. The van der Waals surface area contributed by atoms with Crippen LogP contribution in [0.15, 0.2) is 11.1 Å². The predicted octanol–water partition coefficient (Wildman–Crippen LogP) is 4.42. The first-order chi connectivity index (χ1) is 5.86. The van der Waals surface area contributed by atoms with Gasteiger partial charge in [0.2, 0.25) is 0 Å². The summed E-state index contributed by atoms with van der Waals surface area (Å²) in [5.41, 5.74) is 3.82. The fourth-order valence-electron chi connectivity index (χ4n) is 2.96. The Kier molecular flexibility index (Phi) is 2.89. The van der Waals surface area contributed by atoms with Crippen molar-refractivity contribution in [2.24, 2.45) is 17.3 Å². The van der Waals surface area contributed by atoms with E-state index in [4.69, 9.17) is 0 Å². The van der Waals surface area contributed by atoms with Gasteiger partial charge < -0.3 is 0 Å². The van der Waals surface area contributed by atoms with Gasteiger partial charge in [-0.15, -0.1) is 0 Å². The van der Waals surface area contributed by atoms with Crippen LogP contribution in [0.2, 0.25) is 0 Å². The second kappa shape index (κ2) is 3.48. The first-order valence-electron chi connectivity index (χ1n) is 5.57. The van der Waals surface area contributed by atoms with Gasteiger partial charge in [-0.05, 0) is 37.0 Å². The molecule has 0 amide bonds.